The number of hydrogen-bond donors (Lipinski definition) is 0. The van der Waals surface area contributed by atoms with E-state index in [4.69, 9.17) is 4.98 Å². The van der Waals surface area contributed by atoms with Crippen LogP contribution < -0.4 is 0 Å². The van der Waals surface area contributed by atoms with Crippen LogP contribution in [0.1, 0.15) is 19.8 Å². The number of unbranched alkanes of at least 4 members (excludes halogenated alkanes) is 1. The number of thioether (sulfide) groups is 1. The SMILES string of the molecule is CCCCn1c(SCCn2cncn2)nc2cc(S(=O)(=O)N(C)C)ccc21. The molecule has 2 heterocycles. The third-order valence-electron chi connectivity index (χ3n) is 4.22. The van der Waals surface area contributed by atoms with E-state index in [1.54, 1.807) is 34.9 Å². The molecule has 0 radical (unpaired) electrons. The van der Waals surface area contributed by atoms with Crippen molar-refractivity contribution in [3.05, 3.63) is 30.9 Å². The minimum atomic E-state index is -3.48. The molecule has 0 N–H and O–H groups in total. The van der Waals surface area contributed by atoms with E-state index in [0.29, 0.717) is 5.52 Å². The summed E-state index contributed by atoms with van der Waals surface area (Å²) in [5.74, 6) is 0.807. The van der Waals surface area contributed by atoms with Crippen LogP contribution in [0.3, 0.4) is 0 Å². The molecule has 0 fully saturated rings. The molecule has 0 aliphatic rings. The highest BCUT2D eigenvalue weighted by molar-refractivity contribution is 7.99. The van der Waals surface area contributed by atoms with Gasteiger partial charge in [0, 0.05) is 26.4 Å². The van der Waals surface area contributed by atoms with Crippen LogP contribution >= 0.6 is 11.8 Å². The number of aromatic nitrogens is 5. The van der Waals surface area contributed by atoms with E-state index in [9.17, 15) is 8.42 Å². The van der Waals surface area contributed by atoms with Gasteiger partial charge >= 0.3 is 0 Å². The highest BCUT2D eigenvalue weighted by Gasteiger charge is 2.19. The van der Waals surface area contributed by atoms with Gasteiger partial charge in [-0.1, -0.05) is 25.1 Å². The van der Waals surface area contributed by atoms with Crippen LogP contribution in [0.15, 0.2) is 40.9 Å². The number of fused-ring (bicyclic) bond motifs is 1. The molecule has 0 spiro atoms. The molecule has 10 heteroatoms. The molecular formula is C17H24N6O2S2. The first-order valence-electron chi connectivity index (χ1n) is 8.81. The normalized spacial score (nSPS) is 12.3. The van der Waals surface area contributed by atoms with Crippen LogP contribution in [0.2, 0.25) is 0 Å². The van der Waals surface area contributed by atoms with Crippen molar-refractivity contribution >= 4 is 32.8 Å². The van der Waals surface area contributed by atoms with Crippen molar-refractivity contribution in [3.8, 4) is 0 Å². The molecule has 0 aliphatic carbocycles. The second kappa shape index (κ2) is 8.41. The fourth-order valence-corrected chi connectivity index (χ4v) is 4.57. The summed E-state index contributed by atoms with van der Waals surface area (Å²) in [7, 11) is -0.412. The summed E-state index contributed by atoms with van der Waals surface area (Å²) in [6.07, 6.45) is 5.34. The molecule has 3 rings (SSSR count). The number of rotatable bonds is 9. The number of hydrogen-bond acceptors (Lipinski definition) is 6. The maximum Gasteiger partial charge on any atom is 0.242 e. The van der Waals surface area contributed by atoms with Crippen LogP contribution in [-0.2, 0) is 23.1 Å². The lowest BCUT2D eigenvalue weighted by Crippen LogP contribution is -2.22. The quantitative estimate of drug-likeness (QED) is 0.506. The van der Waals surface area contributed by atoms with Gasteiger partial charge in [-0.05, 0) is 24.6 Å². The molecule has 1 aromatic carbocycles. The van der Waals surface area contributed by atoms with Crippen LogP contribution in [-0.4, -0.2) is 56.9 Å². The maximum absolute atomic E-state index is 12.4. The molecule has 0 bridgehead atoms. The van der Waals surface area contributed by atoms with Gasteiger partial charge < -0.3 is 4.57 Å². The Hall–Kier alpha value is -1.91. The number of nitrogens with zero attached hydrogens (tertiary/aromatic N) is 6. The predicted octanol–water partition coefficient (Wildman–Crippen LogP) is 2.47. The number of sulfonamides is 1. The van der Waals surface area contributed by atoms with E-state index in [-0.39, 0.29) is 4.90 Å². The molecular weight excluding hydrogens is 384 g/mol. The Kier molecular flexibility index (Phi) is 6.18. The highest BCUT2D eigenvalue weighted by Crippen LogP contribution is 2.27. The van der Waals surface area contributed by atoms with E-state index >= 15 is 0 Å². The van der Waals surface area contributed by atoms with Gasteiger partial charge in [-0.3, -0.25) is 4.68 Å². The van der Waals surface area contributed by atoms with Gasteiger partial charge in [-0.2, -0.15) is 5.10 Å². The Morgan fingerprint density at radius 1 is 1.22 bits per heavy atom. The summed E-state index contributed by atoms with van der Waals surface area (Å²) in [6.45, 7) is 3.75. The van der Waals surface area contributed by atoms with Gasteiger partial charge in [0.2, 0.25) is 10.0 Å². The van der Waals surface area contributed by atoms with E-state index < -0.39 is 10.0 Å². The van der Waals surface area contributed by atoms with Crippen LogP contribution in [0.5, 0.6) is 0 Å². The Labute approximate surface area is 163 Å². The average molecular weight is 409 g/mol. The number of benzene rings is 1. The van der Waals surface area contributed by atoms with E-state index in [2.05, 4.69) is 21.6 Å². The third kappa shape index (κ3) is 4.33. The first kappa shape index (κ1) is 19.8. The van der Waals surface area contributed by atoms with Gasteiger partial charge in [0.25, 0.3) is 0 Å². The maximum atomic E-state index is 12.4. The van der Waals surface area contributed by atoms with Crippen molar-refractivity contribution in [1.29, 1.82) is 0 Å². The van der Waals surface area contributed by atoms with Crippen molar-refractivity contribution in [1.82, 2.24) is 28.6 Å². The largest absolute Gasteiger partial charge is 0.319 e. The molecule has 0 aliphatic heterocycles. The first-order chi connectivity index (χ1) is 12.9. The van der Waals surface area contributed by atoms with Crippen molar-refractivity contribution < 1.29 is 8.42 Å². The monoisotopic (exact) mass is 408 g/mol. The second-order valence-corrected chi connectivity index (χ2v) is 9.56. The highest BCUT2D eigenvalue weighted by atomic mass is 32.2. The van der Waals surface area contributed by atoms with E-state index in [1.165, 1.54) is 24.7 Å². The molecule has 0 saturated heterocycles. The molecule has 0 saturated carbocycles. The zero-order chi connectivity index (χ0) is 19.4. The summed E-state index contributed by atoms with van der Waals surface area (Å²) in [5, 5.41) is 5.01. The Morgan fingerprint density at radius 3 is 2.70 bits per heavy atom. The Balaban J connectivity index is 1.90. The average Bonchev–Trinajstić information content (AvgIpc) is 3.27. The summed E-state index contributed by atoms with van der Waals surface area (Å²) >= 11 is 1.64. The molecule has 2 aromatic heterocycles. The molecule has 0 atom stereocenters. The van der Waals surface area contributed by atoms with Gasteiger partial charge in [0.1, 0.15) is 12.7 Å². The van der Waals surface area contributed by atoms with Crippen LogP contribution in [0.25, 0.3) is 11.0 Å². The van der Waals surface area contributed by atoms with Gasteiger partial charge in [-0.25, -0.2) is 22.7 Å². The first-order valence-corrected chi connectivity index (χ1v) is 11.2. The molecule has 8 nitrogen and oxygen atoms in total. The smallest absolute Gasteiger partial charge is 0.242 e. The summed E-state index contributed by atoms with van der Waals surface area (Å²) in [5.41, 5.74) is 1.67. The lowest BCUT2D eigenvalue weighted by molar-refractivity contribution is 0.521. The lowest BCUT2D eigenvalue weighted by atomic mass is 10.3. The van der Waals surface area contributed by atoms with Crippen LogP contribution in [0, 0.1) is 0 Å². The van der Waals surface area contributed by atoms with Gasteiger partial charge in [0.05, 0.1) is 22.5 Å². The molecule has 3 aromatic rings. The van der Waals surface area contributed by atoms with Gasteiger partial charge in [-0.15, -0.1) is 0 Å². The Morgan fingerprint density at radius 2 is 2.04 bits per heavy atom. The number of aryl methyl sites for hydroxylation is 2. The van der Waals surface area contributed by atoms with Crippen molar-refractivity contribution in [2.75, 3.05) is 19.8 Å². The standard InChI is InChI=1S/C17H24N6O2S2/c1-4-5-8-23-16-7-6-14(27(24,25)21(2)3)11-15(16)20-17(23)26-10-9-22-13-18-12-19-22/h6-7,11-13H,4-5,8-10H2,1-3H3. The Bertz CT molecular complexity index is 996. The molecule has 0 unspecified atom stereocenters. The lowest BCUT2D eigenvalue weighted by Gasteiger charge is -2.11. The van der Waals surface area contributed by atoms with Crippen molar-refractivity contribution in [2.45, 2.75) is 42.9 Å². The summed E-state index contributed by atoms with van der Waals surface area (Å²) in [6, 6.07) is 5.18. The zero-order valence-electron chi connectivity index (χ0n) is 15.7. The minimum absolute atomic E-state index is 0.263. The third-order valence-corrected chi connectivity index (χ3v) is 6.98. The van der Waals surface area contributed by atoms with E-state index in [0.717, 1.165) is 42.4 Å². The molecule has 0 amide bonds. The second-order valence-electron chi connectivity index (χ2n) is 6.34. The fourth-order valence-electron chi connectivity index (χ4n) is 2.68. The predicted molar refractivity (Wildman–Crippen MR) is 106 cm³/mol. The topological polar surface area (TPSA) is 85.9 Å². The minimum Gasteiger partial charge on any atom is -0.319 e. The summed E-state index contributed by atoms with van der Waals surface area (Å²) < 4.78 is 30.0. The van der Waals surface area contributed by atoms with Crippen molar-refractivity contribution in [2.24, 2.45) is 0 Å². The molecule has 27 heavy (non-hydrogen) atoms. The number of imidazole rings is 1. The zero-order valence-corrected chi connectivity index (χ0v) is 17.4. The summed E-state index contributed by atoms with van der Waals surface area (Å²) in [4.78, 5) is 8.93. The van der Waals surface area contributed by atoms with Crippen molar-refractivity contribution in [3.63, 3.8) is 0 Å². The fraction of sp³-hybridized carbons (Fsp3) is 0.471. The molecule has 146 valence electrons. The van der Waals surface area contributed by atoms with E-state index in [1.807, 2.05) is 6.07 Å². The van der Waals surface area contributed by atoms with Gasteiger partial charge in [0.15, 0.2) is 5.16 Å². The van der Waals surface area contributed by atoms with Crippen LogP contribution in [0.4, 0.5) is 0 Å².